The lowest BCUT2D eigenvalue weighted by Crippen LogP contribution is -2.47. The van der Waals surface area contributed by atoms with E-state index in [9.17, 15) is 14.4 Å². The Kier molecular flexibility index (Phi) is 5.59. The van der Waals surface area contributed by atoms with Crippen molar-refractivity contribution >= 4 is 18.0 Å². The van der Waals surface area contributed by atoms with Crippen LogP contribution < -0.4 is 5.32 Å². The van der Waals surface area contributed by atoms with Crippen LogP contribution >= 0.6 is 0 Å². The van der Waals surface area contributed by atoms with Crippen molar-refractivity contribution in [1.82, 2.24) is 10.2 Å². The van der Waals surface area contributed by atoms with E-state index >= 15 is 0 Å². The van der Waals surface area contributed by atoms with Gasteiger partial charge in [-0.1, -0.05) is 6.92 Å². The third-order valence-electron chi connectivity index (χ3n) is 3.12. The Bertz CT molecular complexity index is 358. The molecule has 7 nitrogen and oxygen atoms in total. The highest BCUT2D eigenvalue weighted by molar-refractivity contribution is 5.83. The SMILES string of the molecule is CCOC(=O)CCNC(=O)N1CCC(C)C1C(=O)O. The molecule has 19 heavy (non-hydrogen) atoms. The molecular formula is C12H20N2O5. The minimum Gasteiger partial charge on any atom is -0.480 e. The molecule has 0 spiro atoms. The number of nitrogens with one attached hydrogen (secondary N) is 1. The second-order valence-corrected chi connectivity index (χ2v) is 4.53. The van der Waals surface area contributed by atoms with Crippen LogP contribution in [0.1, 0.15) is 26.7 Å². The van der Waals surface area contributed by atoms with Crippen LogP contribution in [0.4, 0.5) is 4.79 Å². The van der Waals surface area contributed by atoms with Gasteiger partial charge in [0.1, 0.15) is 6.04 Å². The van der Waals surface area contributed by atoms with E-state index in [-0.39, 0.29) is 24.9 Å². The summed E-state index contributed by atoms with van der Waals surface area (Å²) in [4.78, 5) is 35.3. The molecule has 7 heteroatoms. The van der Waals surface area contributed by atoms with Crippen LogP contribution in [-0.2, 0) is 14.3 Å². The van der Waals surface area contributed by atoms with Crippen molar-refractivity contribution in [2.45, 2.75) is 32.7 Å². The highest BCUT2D eigenvalue weighted by Gasteiger charge is 2.39. The van der Waals surface area contributed by atoms with Gasteiger partial charge in [-0.25, -0.2) is 9.59 Å². The van der Waals surface area contributed by atoms with Crippen molar-refractivity contribution < 1.29 is 24.2 Å². The maximum Gasteiger partial charge on any atom is 0.326 e. The van der Waals surface area contributed by atoms with Crippen molar-refractivity contribution in [2.75, 3.05) is 19.7 Å². The van der Waals surface area contributed by atoms with Crippen molar-refractivity contribution in [1.29, 1.82) is 0 Å². The van der Waals surface area contributed by atoms with Gasteiger partial charge >= 0.3 is 18.0 Å². The Morgan fingerprint density at radius 3 is 2.68 bits per heavy atom. The van der Waals surface area contributed by atoms with Gasteiger partial charge in [0.2, 0.25) is 0 Å². The lowest BCUT2D eigenvalue weighted by Gasteiger charge is -2.23. The molecule has 0 aromatic rings. The molecular weight excluding hydrogens is 252 g/mol. The molecule has 0 aromatic heterocycles. The first-order valence-electron chi connectivity index (χ1n) is 6.40. The molecule has 0 bridgehead atoms. The fourth-order valence-corrected chi connectivity index (χ4v) is 2.16. The standard InChI is InChI=1S/C12H20N2O5/c1-3-19-9(15)4-6-13-12(18)14-7-5-8(2)10(14)11(16)17/h8,10H,3-7H2,1-2H3,(H,13,18)(H,16,17). The molecule has 2 atom stereocenters. The third kappa shape index (κ3) is 4.11. The van der Waals surface area contributed by atoms with E-state index in [4.69, 9.17) is 9.84 Å². The minimum atomic E-state index is -0.995. The van der Waals surface area contributed by atoms with E-state index in [1.54, 1.807) is 6.92 Å². The quantitative estimate of drug-likeness (QED) is 0.708. The van der Waals surface area contributed by atoms with Gasteiger partial charge in [-0.2, -0.15) is 0 Å². The number of carboxylic acid groups (broad SMARTS) is 1. The molecule has 108 valence electrons. The van der Waals surface area contributed by atoms with Gasteiger partial charge < -0.3 is 20.1 Å². The maximum absolute atomic E-state index is 11.8. The number of hydrogen-bond acceptors (Lipinski definition) is 4. The van der Waals surface area contributed by atoms with E-state index in [2.05, 4.69) is 5.32 Å². The summed E-state index contributed by atoms with van der Waals surface area (Å²) in [5.41, 5.74) is 0. The first kappa shape index (κ1) is 15.3. The van der Waals surface area contributed by atoms with E-state index in [1.807, 2.05) is 6.92 Å². The summed E-state index contributed by atoms with van der Waals surface area (Å²) in [6.07, 6.45) is 0.753. The molecule has 1 heterocycles. The molecule has 1 aliphatic heterocycles. The Hall–Kier alpha value is -1.79. The molecule has 2 N–H and O–H groups in total. The van der Waals surface area contributed by atoms with Crippen LogP contribution in [-0.4, -0.2) is 53.7 Å². The van der Waals surface area contributed by atoms with Crippen LogP contribution in [0.15, 0.2) is 0 Å². The average molecular weight is 272 g/mol. The minimum absolute atomic E-state index is 0.0618. The summed E-state index contributed by atoms with van der Waals surface area (Å²) in [5, 5.41) is 11.6. The second-order valence-electron chi connectivity index (χ2n) is 4.53. The summed E-state index contributed by atoms with van der Waals surface area (Å²) in [6, 6.07) is -1.23. The number of ether oxygens (including phenoxy) is 1. The first-order chi connectivity index (χ1) is 8.97. The molecule has 1 fully saturated rings. The molecule has 0 saturated carbocycles. The summed E-state index contributed by atoms with van der Waals surface area (Å²) < 4.78 is 4.73. The van der Waals surface area contributed by atoms with Crippen LogP contribution in [0.25, 0.3) is 0 Å². The van der Waals surface area contributed by atoms with Gasteiger partial charge in [0.05, 0.1) is 13.0 Å². The van der Waals surface area contributed by atoms with Crippen molar-refractivity contribution in [3.8, 4) is 0 Å². The van der Waals surface area contributed by atoms with Gasteiger partial charge in [0.25, 0.3) is 0 Å². The highest BCUT2D eigenvalue weighted by atomic mass is 16.5. The molecule has 1 rings (SSSR count). The van der Waals surface area contributed by atoms with Crippen molar-refractivity contribution in [3.05, 3.63) is 0 Å². The van der Waals surface area contributed by atoms with Gasteiger partial charge in [0, 0.05) is 13.1 Å². The summed E-state index contributed by atoms with van der Waals surface area (Å²) in [5.74, 6) is -1.44. The highest BCUT2D eigenvalue weighted by Crippen LogP contribution is 2.23. The first-order valence-corrected chi connectivity index (χ1v) is 6.40. The van der Waals surface area contributed by atoms with Gasteiger partial charge in [-0.3, -0.25) is 4.79 Å². The van der Waals surface area contributed by atoms with E-state index in [0.717, 1.165) is 0 Å². The predicted octanol–water partition coefficient (Wildman–Crippen LogP) is 0.444. The fourth-order valence-electron chi connectivity index (χ4n) is 2.16. The molecule has 1 aliphatic rings. The zero-order chi connectivity index (χ0) is 14.4. The zero-order valence-electron chi connectivity index (χ0n) is 11.2. The van der Waals surface area contributed by atoms with Crippen molar-refractivity contribution in [2.24, 2.45) is 5.92 Å². The molecule has 0 radical (unpaired) electrons. The van der Waals surface area contributed by atoms with Crippen LogP contribution in [0.5, 0.6) is 0 Å². The predicted molar refractivity (Wildman–Crippen MR) is 66.6 cm³/mol. The lowest BCUT2D eigenvalue weighted by molar-refractivity contribution is -0.143. The average Bonchev–Trinajstić information content (AvgIpc) is 2.71. The molecule has 0 aliphatic carbocycles. The summed E-state index contributed by atoms with van der Waals surface area (Å²) >= 11 is 0. The fraction of sp³-hybridized carbons (Fsp3) is 0.750. The summed E-state index contributed by atoms with van der Waals surface area (Å²) in [6.45, 7) is 4.39. The number of carbonyl (C=O) groups is 3. The van der Waals surface area contributed by atoms with Crippen LogP contribution in [0, 0.1) is 5.92 Å². The summed E-state index contributed by atoms with van der Waals surface area (Å²) in [7, 11) is 0. The monoisotopic (exact) mass is 272 g/mol. The van der Waals surface area contributed by atoms with Gasteiger partial charge in [-0.15, -0.1) is 0 Å². The molecule has 1 saturated heterocycles. The molecule has 0 aromatic carbocycles. The number of nitrogens with zero attached hydrogens (tertiary/aromatic N) is 1. The second kappa shape index (κ2) is 6.96. The Morgan fingerprint density at radius 2 is 2.11 bits per heavy atom. The number of hydrogen-bond donors (Lipinski definition) is 2. The number of carbonyl (C=O) groups excluding carboxylic acids is 2. The number of carboxylic acids is 1. The lowest BCUT2D eigenvalue weighted by atomic mass is 10.0. The topological polar surface area (TPSA) is 95.9 Å². The Balaban J connectivity index is 2.41. The number of amides is 2. The number of urea groups is 1. The smallest absolute Gasteiger partial charge is 0.326 e. The maximum atomic E-state index is 11.8. The molecule has 2 unspecified atom stereocenters. The number of likely N-dealkylation sites (tertiary alicyclic amines) is 1. The largest absolute Gasteiger partial charge is 0.480 e. The van der Waals surface area contributed by atoms with E-state index < -0.39 is 18.0 Å². The van der Waals surface area contributed by atoms with Gasteiger partial charge in [-0.05, 0) is 19.3 Å². The third-order valence-corrected chi connectivity index (χ3v) is 3.12. The normalized spacial score (nSPS) is 22.1. The number of aliphatic carboxylic acids is 1. The van der Waals surface area contributed by atoms with Crippen LogP contribution in [0.3, 0.4) is 0 Å². The Labute approximate surface area is 111 Å². The number of rotatable bonds is 5. The zero-order valence-corrected chi connectivity index (χ0v) is 11.2. The van der Waals surface area contributed by atoms with Crippen LogP contribution in [0.2, 0.25) is 0 Å². The van der Waals surface area contributed by atoms with E-state index in [1.165, 1.54) is 4.90 Å². The molecule has 2 amide bonds. The van der Waals surface area contributed by atoms with Crippen molar-refractivity contribution in [3.63, 3.8) is 0 Å². The van der Waals surface area contributed by atoms with Gasteiger partial charge in [0.15, 0.2) is 0 Å². The Morgan fingerprint density at radius 1 is 1.42 bits per heavy atom. The number of esters is 1. The van der Waals surface area contributed by atoms with E-state index in [0.29, 0.717) is 19.6 Å².